The molecule has 9 atom stereocenters. The van der Waals surface area contributed by atoms with Crippen LogP contribution in [-0.4, -0.2) is 67.6 Å². The Bertz CT molecular complexity index is 1370. The molecule has 0 bridgehead atoms. The topological polar surface area (TPSA) is 101 Å². The molecule has 4 saturated carbocycles. The van der Waals surface area contributed by atoms with Crippen LogP contribution in [0.4, 0.5) is 0 Å². The Hall–Kier alpha value is -0.730. The van der Waals surface area contributed by atoms with E-state index < -0.39 is 20.9 Å². The average molecular weight is 655 g/mol. The Morgan fingerprint density at radius 3 is 2.35 bits per heavy atom. The lowest BCUT2D eigenvalue weighted by atomic mass is 9.31. The van der Waals surface area contributed by atoms with E-state index in [0.717, 1.165) is 83.5 Å². The lowest BCUT2D eigenvalue weighted by molar-refractivity contribution is -0.226. The standard InChI is InChI=1S/C39H66N4O2S/c1-28-31(29-10-7-6-8-11-29)12-19-34(2)32(28)13-20-35(3)33(34)14-21-38(40)36(35,4)22-23-37(17-9-18-39(37,38)41)42-24-27-43-25-15-30(16-26-43)46(5,44)45/h10,12,28,30,32-33,42H,6-9,11,13-27,40-41H2,1-5H3/t28?,32?,33?,34-,35+,36-,37-,38+,39+/m0/s1. The fourth-order valence-corrected chi connectivity index (χ4v) is 15.0. The molecule has 7 rings (SSSR count). The summed E-state index contributed by atoms with van der Waals surface area (Å²) < 4.78 is 24.1. The maximum absolute atomic E-state index is 12.1. The lowest BCUT2D eigenvalue weighted by Crippen LogP contribution is -2.88. The first-order valence-electron chi connectivity index (χ1n) is 19.3. The maximum Gasteiger partial charge on any atom is 0.150 e. The van der Waals surface area contributed by atoms with Crippen molar-refractivity contribution >= 4 is 9.84 Å². The molecule has 0 spiro atoms. The molecule has 46 heavy (non-hydrogen) atoms. The third-order valence-electron chi connectivity index (χ3n) is 16.9. The van der Waals surface area contributed by atoms with Crippen molar-refractivity contribution in [3.8, 4) is 0 Å². The highest BCUT2D eigenvalue weighted by Gasteiger charge is 2.77. The molecule has 1 saturated heterocycles. The van der Waals surface area contributed by atoms with Crippen molar-refractivity contribution in [2.45, 2.75) is 152 Å². The normalized spacial score (nSPS) is 48.5. The second kappa shape index (κ2) is 11.4. The van der Waals surface area contributed by atoms with E-state index in [2.05, 4.69) is 50.1 Å². The van der Waals surface area contributed by atoms with Crippen LogP contribution in [0.1, 0.15) is 130 Å². The minimum absolute atomic E-state index is 0.00776. The van der Waals surface area contributed by atoms with Gasteiger partial charge in [-0.2, -0.15) is 0 Å². The second-order valence-electron chi connectivity index (χ2n) is 18.3. The highest BCUT2D eigenvalue weighted by Crippen LogP contribution is 2.75. The summed E-state index contributed by atoms with van der Waals surface area (Å²) in [5.41, 5.74) is 18.8. The van der Waals surface area contributed by atoms with E-state index in [-0.39, 0.29) is 21.6 Å². The summed E-state index contributed by atoms with van der Waals surface area (Å²) >= 11 is 0. The Kier molecular flexibility index (Phi) is 8.36. The molecular weight excluding hydrogens is 589 g/mol. The molecule has 7 heteroatoms. The van der Waals surface area contributed by atoms with Crippen molar-refractivity contribution in [3.05, 3.63) is 23.3 Å². The summed E-state index contributed by atoms with van der Waals surface area (Å²) in [4.78, 5) is 2.45. The van der Waals surface area contributed by atoms with Gasteiger partial charge in [0.05, 0.1) is 10.8 Å². The highest BCUT2D eigenvalue weighted by molar-refractivity contribution is 7.91. The molecular formula is C39H66N4O2S. The van der Waals surface area contributed by atoms with Gasteiger partial charge in [-0.05, 0) is 161 Å². The lowest BCUT2D eigenvalue weighted by Gasteiger charge is -2.76. The van der Waals surface area contributed by atoms with E-state index in [4.69, 9.17) is 11.5 Å². The van der Waals surface area contributed by atoms with Crippen LogP contribution in [0.25, 0.3) is 0 Å². The van der Waals surface area contributed by atoms with E-state index >= 15 is 0 Å². The molecule has 0 aromatic heterocycles. The Morgan fingerprint density at radius 1 is 0.891 bits per heavy atom. The zero-order valence-corrected chi connectivity index (χ0v) is 30.7. The first kappa shape index (κ1) is 33.8. The van der Waals surface area contributed by atoms with Gasteiger partial charge in [-0.25, -0.2) is 8.42 Å². The molecule has 260 valence electrons. The van der Waals surface area contributed by atoms with Crippen molar-refractivity contribution < 1.29 is 8.42 Å². The summed E-state index contributed by atoms with van der Waals surface area (Å²) in [5.74, 6) is 2.09. The van der Waals surface area contributed by atoms with Gasteiger partial charge < -0.3 is 21.7 Å². The minimum atomic E-state index is -2.94. The molecule has 5 N–H and O–H groups in total. The van der Waals surface area contributed by atoms with E-state index in [1.54, 1.807) is 11.1 Å². The molecule has 7 aliphatic rings. The number of hydrogen-bond donors (Lipinski definition) is 3. The Morgan fingerprint density at radius 2 is 1.65 bits per heavy atom. The van der Waals surface area contributed by atoms with Gasteiger partial charge in [-0.15, -0.1) is 0 Å². The maximum atomic E-state index is 12.1. The van der Waals surface area contributed by atoms with E-state index in [9.17, 15) is 8.42 Å². The van der Waals surface area contributed by atoms with Crippen molar-refractivity contribution in [1.82, 2.24) is 10.2 Å². The molecule has 5 fully saturated rings. The van der Waals surface area contributed by atoms with Crippen LogP contribution in [-0.2, 0) is 9.84 Å². The molecule has 6 aliphatic carbocycles. The molecule has 1 aliphatic heterocycles. The van der Waals surface area contributed by atoms with Crippen LogP contribution >= 0.6 is 0 Å². The highest BCUT2D eigenvalue weighted by atomic mass is 32.2. The van der Waals surface area contributed by atoms with Gasteiger partial charge in [0, 0.05) is 30.4 Å². The largest absolute Gasteiger partial charge is 0.323 e. The molecule has 0 amide bonds. The number of piperidine rings is 1. The van der Waals surface area contributed by atoms with Crippen LogP contribution < -0.4 is 16.8 Å². The number of fused-ring (bicyclic) bond motifs is 7. The van der Waals surface area contributed by atoms with Crippen molar-refractivity contribution in [1.29, 1.82) is 0 Å². The average Bonchev–Trinajstić information content (AvgIpc) is 3.36. The van der Waals surface area contributed by atoms with Gasteiger partial charge in [-0.3, -0.25) is 0 Å². The summed E-state index contributed by atoms with van der Waals surface area (Å²) in [7, 11) is -2.94. The molecule has 0 aromatic carbocycles. The SMILES string of the molecule is CC1C(C2=CCCCC2)=CC[C@@]2(C)C1CC[C@]1(C)C2CC[C@@]2(N)[C@@]1(C)CC[C@@]1(NCCN3CCC(S(C)(=O)=O)CC3)CCC[C@@]12N. The van der Waals surface area contributed by atoms with Gasteiger partial charge in [0.1, 0.15) is 9.84 Å². The zero-order chi connectivity index (χ0) is 32.8. The van der Waals surface area contributed by atoms with Gasteiger partial charge in [0.2, 0.25) is 0 Å². The molecule has 1 heterocycles. The number of nitrogens with two attached hydrogens (primary N) is 2. The zero-order valence-electron chi connectivity index (χ0n) is 29.9. The molecule has 0 radical (unpaired) electrons. The minimum Gasteiger partial charge on any atom is -0.323 e. The summed E-state index contributed by atoms with van der Waals surface area (Å²) in [6.45, 7) is 14.1. The van der Waals surface area contributed by atoms with Crippen LogP contribution in [0.5, 0.6) is 0 Å². The quantitative estimate of drug-likeness (QED) is 0.302. The fraction of sp³-hybridized carbons (Fsp3) is 0.897. The van der Waals surface area contributed by atoms with E-state index in [0.29, 0.717) is 17.3 Å². The summed E-state index contributed by atoms with van der Waals surface area (Å²) in [5, 5.41) is 3.93. The summed E-state index contributed by atoms with van der Waals surface area (Å²) in [6.07, 6.45) is 25.1. The third kappa shape index (κ3) is 4.63. The Balaban J connectivity index is 1.10. The number of nitrogens with one attached hydrogen (secondary N) is 1. The van der Waals surface area contributed by atoms with Crippen LogP contribution in [0.15, 0.2) is 23.3 Å². The molecule has 0 aromatic rings. The van der Waals surface area contributed by atoms with Crippen molar-refractivity contribution in [2.24, 2.45) is 45.5 Å². The van der Waals surface area contributed by atoms with E-state index in [1.165, 1.54) is 57.6 Å². The molecule has 3 unspecified atom stereocenters. The van der Waals surface area contributed by atoms with Crippen molar-refractivity contribution in [2.75, 3.05) is 32.4 Å². The molecule has 6 nitrogen and oxygen atoms in total. The number of rotatable bonds is 6. The number of hydrogen-bond acceptors (Lipinski definition) is 6. The van der Waals surface area contributed by atoms with Crippen LogP contribution in [0.2, 0.25) is 0 Å². The van der Waals surface area contributed by atoms with E-state index in [1.807, 2.05) is 0 Å². The number of allylic oxidation sites excluding steroid dienone is 4. The van der Waals surface area contributed by atoms with Gasteiger partial charge >= 0.3 is 0 Å². The smallest absolute Gasteiger partial charge is 0.150 e. The van der Waals surface area contributed by atoms with Crippen molar-refractivity contribution in [3.63, 3.8) is 0 Å². The number of nitrogens with zero attached hydrogens (tertiary/aromatic N) is 1. The fourth-order valence-electron chi connectivity index (χ4n) is 13.9. The monoisotopic (exact) mass is 654 g/mol. The number of sulfone groups is 1. The van der Waals surface area contributed by atoms with Gasteiger partial charge in [0.25, 0.3) is 0 Å². The van der Waals surface area contributed by atoms with Crippen LogP contribution in [0, 0.1) is 34.0 Å². The Labute approximate surface area is 281 Å². The summed E-state index contributed by atoms with van der Waals surface area (Å²) in [6, 6.07) is 0. The van der Waals surface area contributed by atoms with Crippen LogP contribution in [0.3, 0.4) is 0 Å². The first-order chi connectivity index (χ1) is 21.6. The first-order valence-corrected chi connectivity index (χ1v) is 21.2. The second-order valence-corrected chi connectivity index (χ2v) is 20.6. The third-order valence-corrected chi connectivity index (χ3v) is 18.6. The van der Waals surface area contributed by atoms with Gasteiger partial charge in [-0.1, -0.05) is 39.8 Å². The predicted octanol–water partition coefficient (Wildman–Crippen LogP) is 6.50. The number of likely N-dealkylation sites (tertiary alicyclic amines) is 1. The predicted molar refractivity (Wildman–Crippen MR) is 190 cm³/mol. The van der Waals surface area contributed by atoms with Gasteiger partial charge in [0.15, 0.2) is 0 Å².